The molecule has 0 radical (unpaired) electrons. The summed E-state index contributed by atoms with van der Waals surface area (Å²) >= 11 is 6.02. The van der Waals surface area contributed by atoms with Crippen LogP contribution in [0, 0.1) is 0 Å². The summed E-state index contributed by atoms with van der Waals surface area (Å²) in [6, 6.07) is 20.6. The van der Waals surface area contributed by atoms with Gasteiger partial charge in [0.1, 0.15) is 10.9 Å². The number of nitrogens with zero attached hydrogens (tertiary/aromatic N) is 1. The molecule has 158 valence electrons. The van der Waals surface area contributed by atoms with Crippen LogP contribution in [0.25, 0.3) is 0 Å². The predicted molar refractivity (Wildman–Crippen MR) is 121 cm³/mol. The summed E-state index contributed by atoms with van der Waals surface area (Å²) in [4.78, 5) is 14.1. The second-order valence-corrected chi connectivity index (χ2v) is 9.53. The van der Waals surface area contributed by atoms with Gasteiger partial charge in [-0.1, -0.05) is 61.0 Å². The maximum absolute atomic E-state index is 13.5. The lowest BCUT2D eigenvalue weighted by Gasteiger charge is -2.27. The molecule has 5 nitrogen and oxygen atoms in total. The van der Waals surface area contributed by atoms with Crippen LogP contribution in [-0.2, 0) is 21.1 Å². The van der Waals surface area contributed by atoms with Crippen LogP contribution in [0.5, 0.6) is 0 Å². The molecule has 1 heterocycles. The lowest BCUT2D eigenvalue weighted by molar-refractivity contribution is -0.117. The number of hydrogen-bond acceptors (Lipinski definition) is 4. The van der Waals surface area contributed by atoms with Crippen molar-refractivity contribution in [2.24, 2.45) is 0 Å². The first-order chi connectivity index (χ1) is 14.8. The van der Waals surface area contributed by atoms with E-state index in [1.807, 2.05) is 19.1 Å². The Balaban J connectivity index is 1.92. The maximum Gasteiger partial charge on any atom is 0.295 e. The zero-order valence-corrected chi connectivity index (χ0v) is 18.3. The molecule has 1 unspecified atom stereocenters. The minimum Gasteiger partial charge on any atom is -0.502 e. The zero-order chi connectivity index (χ0) is 22.2. The van der Waals surface area contributed by atoms with E-state index in [0.717, 1.165) is 12.0 Å². The van der Waals surface area contributed by atoms with E-state index < -0.39 is 27.5 Å². The molecule has 0 saturated heterocycles. The van der Waals surface area contributed by atoms with Gasteiger partial charge in [0.05, 0.1) is 4.90 Å². The Hall–Kier alpha value is -3.09. The number of hydrogen-bond donors (Lipinski definition) is 1. The molecule has 3 aromatic rings. The lowest BCUT2D eigenvalue weighted by Crippen LogP contribution is -2.31. The molecule has 0 saturated carbocycles. The standard InChI is InChI=1S/C24H20ClNO4S/c1-2-16-8-14-19(15-9-16)26-21(17-10-12-18(25)13-11-17)23(22(27)24(26)28)31(29,30)20-6-4-3-5-7-20/h3-15,21,27H,2H2,1H3. The SMILES string of the molecule is CCc1ccc(N2C(=O)C(O)=C(S(=O)(=O)c3ccccc3)C2c2ccc(Cl)cc2)cc1. The number of rotatable bonds is 5. The Kier molecular flexibility index (Phi) is 5.60. The average Bonchev–Trinajstić information content (AvgIpc) is 3.06. The van der Waals surface area contributed by atoms with E-state index in [2.05, 4.69) is 0 Å². The van der Waals surface area contributed by atoms with Gasteiger partial charge in [0.25, 0.3) is 5.91 Å². The molecule has 0 aromatic heterocycles. The molecule has 1 atom stereocenters. The number of sulfone groups is 1. The molecular weight excluding hydrogens is 434 g/mol. The second kappa shape index (κ2) is 8.21. The highest BCUT2D eigenvalue weighted by Crippen LogP contribution is 2.44. The molecule has 0 spiro atoms. The summed E-state index contributed by atoms with van der Waals surface area (Å²) in [7, 11) is -4.15. The van der Waals surface area contributed by atoms with Crippen molar-refractivity contribution < 1.29 is 18.3 Å². The molecule has 0 aliphatic carbocycles. The van der Waals surface area contributed by atoms with E-state index in [1.165, 1.54) is 17.0 Å². The highest BCUT2D eigenvalue weighted by atomic mass is 35.5. The molecule has 0 fully saturated rings. The molecule has 1 amide bonds. The number of aliphatic hydroxyl groups excluding tert-OH is 1. The van der Waals surface area contributed by atoms with Crippen LogP contribution in [0.15, 0.2) is 94.4 Å². The van der Waals surface area contributed by atoms with Crippen molar-refractivity contribution in [2.45, 2.75) is 24.3 Å². The first-order valence-corrected chi connectivity index (χ1v) is 11.6. The molecule has 1 aliphatic heterocycles. The Morgan fingerprint density at radius 1 is 0.935 bits per heavy atom. The lowest BCUT2D eigenvalue weighted by atomic mass is 10.1. The summed E-state index contributed by atoms with van der Waals surface area (Å²) in [5, 5.41) is 11.2. The molecule has 4 rings (SSSR count). The van der Waals surface area contributed by atoms with Crippen molar-refractivity contribution in [2.75, 3.05) is 4.90 Å². The van der Waals surface area contributed by atoms with E-state index >= 15 is 0 Å². The van der Waals surface area contributed by atoms with Crippen molar-refractivity contribution in [3.8, 4) is 0 Å². The number of halogens is 1. The molecule has 7 heteroatoms. The topological polar surface area (TPSA) is 74.7 Å². The monoisotopic (exact) mass is 453 g/mol. The highest BCUT2D eigenvalue weighted by Gasteiger charge is 2.47. The molecule has 31 heavy (non-hydrogen) atoms. The Bertz CT molecular complexity index is 1250. The van der Waals surface area contributed by atoms with E-state index in [4.69, 9.17) is 11.6 Å². The normalized spacial score (nSPS) is 16.8. The Morgan fingerprint density at radius 2 is 1.55 bits per heavy atom. The fraction of sp³-hybridized carbons (Fsp3) is 0.125. The summed E-state index contributed by atoms with van der Waals surface area (Å²) in [5.74, 6) is -1.54. The molecule has 3 aromatic carbocycles. The van der Waals surface area contributed by atoms with E-state index in [1.54, 1.807) is 54.6 Å². The van der Waals surface area contributed by atoms with E-state index in [-0.39, 0.29) is 9.80 Å². The third kappa shape index (κ3) is 3.73. The van der Waals surface area contributed by atoms with Crippen LogP contribution in [0.3, 0.4) is 0 Å². The van der Waals surface area contributed by atoms with Gasteiger partial charge in [0, 0.05) is 10.7 Å². The Labute approximate surface area is 186 Å². The molecule has 0 bridgehead atoms. The number of anilines is 1. The van der Waals surface area contributed by atoms with Gasteiger partial charge in [-0.15, -0.1) is 0 Å². The number of aryl methyl sites for hydroxylation is 1. The van der Waals surface area contributed by atoms with Gasteiger partial charge >= 0.3 is 0 Å². The van der Waals surface area contributed by atoms with Crippen LogP contribution in [0.2, 0.25) is 5.02 Å². The number of carbonyl (C=O) groups excluding carboxylic acids is 1. The Morgan fingerprint density at radius 3 is 2.13 bits per heavy atom. The largest absolute Gasteiger partial charge is 0.502 e. The van der Waals surface area contributed by atoms with Crippen molar-refractivity contribution >= 4 is 33.0 Å². The summed E-state index contributed by atoms with van der Waals surface area (Å²) in [5.41, 5.74) is 2.09. The quantitative estimate of drug-likeness (QED) is 0.573. The van der Waals surface area contributed by atoms with Gasteiger partial charge in [-0.3, -0.25) is 9.69 Å². The first-order valence-electron chi connectivity index (χ1n) is 9.76. The number of amides is 1. The van der Waals surface area contributed by atoms with Gasteiger partial charge in [-0.25, -0.2) is 8.42 Å². The maximum atomic E-state index is 13.5. The summed E-state index contributed by atoms with van der Waals surface area (Å²) in [6.07, 6.45) is 0.825. The van der Waals surface area contributed by atoms with E-state index in [9.17, 15) is 18.3 Å². The third-order valence-corrected chi connectivity index (χ3v) is 7.45. The summed E-state index contributed by atoms with van der Waals surface area (Å²) < 4.78 is 27.0. The van der Waals surface area contributed by atoms with Gasteiger partial charge in [0.2, 0.25) is 9.84 Å². The van der Waals surface area contributed by atoms with Crippen LogP contribution in [0.1, 0.15) is 24.1 Å². The van der Waals surface area contributed by atoms with E-state index in [0.29, 0.717) is 16.3 Å². The minimum absolute atomic E-state index is 0.00601. The molecule has 1 aliphatic rings. The highest BCUT2D eigenvalue weighted by molar-refractivity contribution is 7.95. The van der Waals surface area contributed by atoms with Crippen LogP contribution in [-0.4, -0.2) is 19.4 Å². The fourth-order valence-corrected chi connectivity index (χ4v) is 5.46. The van der Waals surface area contributed by atoms with Crippen molar-refractivity contribution in [3.05, 3.63) is 106 Å². The van der Waals surface area contributed by atoms with Crippen LogP contribution >= 0.6 is 11.6 Å². The smallest absolute Gasteiger partial charge is 0.295 e. The van der Waals surface area contributed by atoms with Gasteiger partial charge < -0.3 is 5.11 Å². The average molecular weight is 454 g/mol. The summed E-state index contributed by atoms with van der Waals surface area (Å²) in [6.45, 7) is 2.02. The molecule has 1 N–H and O–H groups in total. The number of carbonyl (C=O) groups is 1. The third-order valence-electron chi connectivity index (χ3n) is 5.31. The predicted octanol–water partition coefficient (Wildman–Crippen LogP) is 5.23. The molecular formula is C24H20ClNO4S. The second-order valence-electron chi connectivity index (χ2n) is 7.18. The van der Waals surface area contributed by atoms with Crippen molar-refractivity contribution in [1.82, 2.24) is 0 Å². The van der Waals surface area contributed by atoms with Gasteiger partial charge in [-0.2, -0.15) is 0 Å². The number of benzene rings is 3. The fourth-order valence-electron chi connectivity index (χ4n) is 3.69. The van der Waals surface area contributed by atoms with Gasteiger partial charge in [0.15, 0.2) is 5.76 Å². The number of aliphatic hydroxyl groups is 1. The zero-order valence-electron chi connectivity index (χ0n) is 16.7. The van der Waals surface area contributed by atoms with Crippen molar-refractivity contribution in [1.29, 1.82) is 0 Å². The minimum atomic E-state index is -4.15. The van der Waals surface area contributed by atoms with Crippen molar-refractivity contribution in [3.63, 3.8) is 0 Å². The van der Waals surface area contributed by atoms with Crippen LogP contribution < -0.4 is 4.90 Å². The first kappa shape index (κ1) is 21.2. The van der Waals surface area contributed by atoms with Gasteiger partial charge in [-0.05, 0) is 53.9 Å². The van der Waals surface area contributed by atoms with Crippen LogP contribution in [0.4, 0.5) is 5.69 Å².